The van der Waals surface area contributed by atoms with E-state index < -0.39 is 5.97 Å². The average Bonchev–Trinajstić information content (AvgIpc) is 3.21. The maximum atomic E-state index is 12.6. The Morgan fingerprint density at radius 3 is 2.39 bits per heavy atom. The van der Waals surface area contributed by atoms with Gasteiger partial charge < -0.3 is 9.64 Å². The first-order chi connectivity index (χ1) is 15.0. The molecule has 0 unspecified atom stereocenters. The van der Waals surface area contributed by atoms with Crippen LogP contribution in [0.3, 0.4) is 0 Å². The lowest BCUT2D eigenvalue weighted by Crippen LogP contribution is -2.26. The maximum Gasteiger partial charge on any atom is 0.336 e. The van der Waals surface area contributed by atoms with Crippen LogP contribution in [0, 0.1) is 6.92 Å². The number of para-hydroxylation sites is 1. The molecule has 0 aliphatic heterocycles. The van der Waals surface area contributed by atoms with E-state index in [1.165, 1.54) is 17.4 Å². The van der Waals surface area contributed by atoms with E-state index in [-0.39, 0.29) is 5.91 Å². The van der Waals surface area contributed by atoms with E-state index in [4.69, 9.17) is 4.74 Å². The molecule has 0 fully saturated rings. The molecular formula is C25H20N2O3S. The Morgan fingerprint density at radius 2 is 1.68 bits per heavy atom. The van der Waals surface area contributed by atoms with Crippen LogP contribution in [0.4, 0.5) is 5.69 Å². The Balaban J connectivity index is 1.38. The fraction of sp³-hybridized carbons (Fsp3) is 0.0800. The summed E-state index contributed by atoms with van der Waals surface area (Å²) in [5.74, 6) is -0.196. The van der Waals surface area contributed by atoms with Crippen LogP contribution in [0.25, 0.3) is 16.3 Å². The molecule has 1 heterocycles. The van der Waals surface area contributed by atoms with Gasteiger partial charge in [0.1, 0.15) is 10.8 Å². The number of amides is 1. The number of fused-ring (bicyclic) bond motifs is 1. The van der Waals surface area contributed by atoms with E-state index in [2.05, 4.69) is 4.98 Å². The summed E-state index contributed by atoms with van der Waals surface area (Å²) < 4.78 is 6.42. The third-order valence-electron chi connectivity index (χ3n) is 4.72. The van der Waals surface area contributed by atoms with Crippen LogP contribution >= 0.6 is 11.3 Å². The zero-order valence-corrected chi connectivity index (χ0v) is 17.9. The van der Waals surface area contributed by atoms with Gasteiger partial charge >= 0.3 is 5.97 Å². The van der Waals surface area contributed by atoms with Gasteiger partial charge in [0.25, 0.3) is 5.91 Å². The second-order valence-corrected chi connectivity index (χ2v) is 8.06. The number of carbonyl (C=O) groups excluding carboxylic acids is 2. The molecule has 1 aromatic heterocycles. The summed E-state index contributed by atoms with van der Waals surface area (Å²) >= 11 is 1.51. The summed E-state index contributed by atoms with van der Waals surface area (Å²) in [6.07, 6.45) is 3.01. The second kappa shape index (κ2) is 8.93. The number of ether oxygens (including phenoxy) is 1. The van der Waals surface area contributed by atoms with E-state index in [1.807, 2.05) is 55.5 Å². The molecule has 0 radical (unpaired) electrons. The number of anilines is 1. The molecule has 6 heteroatoms. The number of aryl methyl sites for hydroxylation is 1. The Kier molecular flexibility index (Phi) is 5.91. The van der Waals surface area contributed by atoms with Crippen molar-refractivity contribution in [3.8, 4) is 5.75 Å². The van der Waals surface area contributed by atoms with Crippen molar-refractivity contribution in [1.29, 1.82) is 0 Å². The zero-order valence-electron chi connectivity index (χ0n) is 17.1. The number of esters is 1. The SMILES string of the molecule is Cc1ccc(C(=O)N(C)c2ccc(OC(=O)/C=C/c3nc4ccccc4s3)cc2)cc1. The van der Waals surface area contributed by atoms with Crippen molar-refractivity contribution >= 4 is 45.2 Å². The maximum absolute atomic E-state index is 12.6. The molecule has 0 spiro atoms. The lowest BCUT2D eigenvalue weighted by atomic mass is 10.1. The van der Waals surface area contributed by atoms with Crippen molar-refractivity contribution in [2.24, 2.45) is 0 Å². The largest absolute Gasteiger partial charge is 0.423 e. The Hall–Kier alpha value is -3.77. The lowest BCUT2D eigenvalue weighted by Gasteiger charge is -2.17. The summed E-state index contributed by atoms with van der Waals surface area (Å²) in [6, 6.07) is 22.1. The van der Waals surface area contributed by atoms with Gasteiger partial charge in [-0.25, -0.2) is 9.78 Å². The lowest BCUT2D eigenvalue weighted by molar-refractivity contribution is -0.128. The Labute approximate surface area is 184 Å². The summed E-state index contributed by atoms with van der Waals surface area (Å²) in [7, 11) is 1.71. The highest BCUT2D eigenvalue weighted by molar-refractivity contribution is 7.19. The summed E-state index contributed by atoms with van der Waals surface area (Å²) in [4.78, 5) is 30.8. The molecule has 0 N–H and O–H groups in total. The molecule has 4 rings (SSSR count). The van der Waals surface area contributed by atoms with Crippen LogP contribution in [0.15, 0.2) is 78.9 Å². The molecule has 0 saturated heterocycles. The fourth-order valence-corrected chi connectivity index (χ4v) is 3.87. The highest BCUT2D eigenvalue weighted by Crippen LogP contribution is 2.23. The molecule has 0 bridgehead atoms. The Morgan fingerprint density at radius 1 is 0.968 bits per heavy atom. The van der Waals surface area contributed by atoms with E-state index in [1.54, 1.807) is 42.3 Å². The van der Waals surface area contributed by atoms with Crippen LogP contribution in [0.5, 0.6) is 5.75 Å². The normalized spacial score (nSPS) is 11.0. The fourth-order valence-electron chi connectivity index (χ4n) is 3.00. The summed E-state index contributed by atoms with van der Waals surface area (Å²) in [5.41, 5.74) is 3.32. The monoisotopic (exact) mass is 428 g/mol. The van der Waals surface area contributed by atoms with Crippen LogP contribution < -0.4 is 9.64 Å². The summed E-state index contributed by atoms with van der Waals surface area (Å²) in [6.45, 7) is 1.98. The topological polar surface area (TPSA) is 59.5 Å². The van der Waals surface area contributed by atoms with Crippen LogP contribution in [-0.4, -0.2) is 23.9 Å². The number of hydrogen-bond acceptors (Lipinski definition) is 5. The van der Waals surface area contributed by atoms with Crippen LogP contribution in [-0.2, 0) is 4.79 Å². The van der Waals surface area contributed by atoms with Crippen molar-refractivity contribution in [2.45, 2.75) is 6.92 Å². The number of hydrogen-bond donors (Lipinski definition) is 0. The van der Waals surface area contributed by atoms with Gasteiger partial charge in [-0.2, -0.15) is 0 Å². The van der Waals surface area contributed by atoms with Gasteiger partial charge in [0.2, 0.25) is 0 Å². The van der Waals surface area contributed by atoms with Gasteiger partial charge in [0.15, 0.2) is 0 Å². The minimum absolute atomic E-state index is 0.108. The van der Waals surface area contributed by atoms with Gasteiger partial charge in [0.05, 0.1) is 10.2 Å². The molecular weight excluding hydrogens is 408 g/mol. The number of thiazole rings is 1. The molecule has 5 nitrogen and oxygen atoms in total. The molecule has 4 aromatic rings. The first kappa shape index (κ1) is 20.5. The van der Waals surface area contributed by atoms with E-state index >= 15 is 0 Å². The molecule has 154 valence electrons. The smallest absolute Gasteiger partial charge is 0.336 e. The zero-order chi connectivity index (χ0) is 21.8. The van der Waals surface area contributed by atoms with Crippen LogP contribution in [0.1, 0.15) is 20.9 Å². The van der Waals surface area contributed by atoms with Crippen molar-refractivity contribution < 1.29 is 14.3 Å². The van der Waals surface area contributed by atoms with Gasteiger partial charge in [-0.05, 0) is 61.5 Å². The molecule has 0 saturated carbocycles. The summed E-state index contributed by atoms with van der Waals surface area (Å²) in [5, 5.41) is 0.741. The second-order valence-electron chi connectivity index (χ2n) is 7.00. The van der Waals surface area contributed by atoms with Gasteiger partial charge in [-0.1, -0.05) is 29.8 Å². The standard InChI is InChI=1S/C25H20N2O3S/c1-17-7-9-18(10-8-17)25(29)27(2)19-11-13-20(14-12-19)30-24(28)16-15-23-26-21-5-3-4-6-22(21)31-23/h3-16H,1-2H3/b16-15+. The first-order valence-electron chi connectivity index (χ1n) is 9.70. The molecule has 31 heavy (non-hydrogen) atoms. The van der Waals surface area contributed by atoms with Gasteiger partial charge in [0, 0.05) is 24.4 Å². The number of carbonyl (C=O) groups is 2. The van der Waals surface area contributed by atoms with Crippen molar-refractivity contribution in [1.82, 2.24) is 4.98 Å². The third-order valence-corrected chi connectivity index (χ3v) is 5.72. The highest BCUT2D eigenvalue weighted by atomic mass is 32.1. The molecule has 0 atom stereocenters. The van der Waals surface area contributed by atoms with Crippen molar-refractivity contribution in [2.75, 3.05) is 11.9 Å². The van der Waals surface area contributed by atoms with Crippen LogP contribution in [0.2, 0.25) is 0 Å². The molecule has 0 aliphatic rings. The van der Waals surface area contributed by atoms with E-state index in [0.29, 0.717) is 17.0 Å². The van der Waals surface area contributed by atoms with Gasteiger partial charge in [-0.3, -0.25) is 4.79 Å². The average molecular weight is 429 g/mol. The molecule has 0 aliphatic carbocycles. The predicted molar refractivity (Wildman–Crippen MR) is 125 cm³/mol. The highest BCUT2D eigenvalue weighted by Gasteiger charge is 2.13. The first-order valence-corrected chi connectivity index (χ1v) is 10.5. The number of rotatable bonds is 5. The Bertz CT molecular complexity index is 1230. The van der Waals surface area contributed by atoms with E-state index in [0.717, 1.165) is 20.8 Å². The third kappa shape index (κ3) is 4.87. The molecule has 1 amide bonds. The molecule has 3 aromatic carbocycles. The minimum Gasteiger partial charge on any atom is -0.423 e. The van der Waals surface area contributed by atoms with E-state index in [9.17, 15) is 9.59 Å². The van der Waals surface area contributed by atoms with Crippen molar-refractivity contribution in [3.63, 3.8) is 0 Å². The number of benzene rings is 3. The minimum atomic E-state index is -0.490. The number of nitrogens with zero attached hydrogens (tertiary/aromatic N) is 2. The number of aromatic nitrogens is 1. The van der Waals surface area contributed by atoms with Crippen molar-refractivity contribution in [3.05, 3.63) is 95.0 Å². The van der Waals surface area contributed by atoms with Gasteiger partial charge in [-0.15, -0.1) is 11.3 Å². The quantitative estimate of drug-likeness (QED) is 0.239. The predicted octanol–water partition coefficient (Wildman–Crippen LogP) is 5.50.